The Labute approximate surface area is 108 Å². The quantitative estimate of drug-likeness (QED) is 0.842. The molecule has 102 valence electrons. The van der Waals surface area contributed by atoms with Crippen LogP contribution in [0.25, 0.3) is 0 Å². The summed E-state index contributed by atoms with van der Waals surface area (Å²) in [6.45, 7) is 5.12. The first-order chi connectivity index (χ1) is 8.43. The third kappa shape index (κ3) is 4.35. The fraction of sp³-hybridized carbons (Fsp3) is 0.571. The van der Waals surface area contributed by atoms with Crippen LogP contribution < -0.4 is 5.32 Å². The molecule has 0 saturated carbocycles. The first-order valence-electron chi connectivity index (χ1n) is 6.27. The van der Waals surface area contributed by atoms with Crippen molar-refractivity contribution in [3.63, 3.8) is 0 Å². The SMILES string of the molecule is CNC(CCN(C)C(C)C)c1cc(F)cc(F)c1. The molecule has 2 nitrogen and oxygen atoms in total. The van der Waals surface area contributed by atoms with Gasteiger partial charge in [-0.2, -0.15) is 0 Å². The van der Waals surface area contributed by atoms with E-state index >= 15 is 0 Å². The Hall–Kier alpha value is -1.00. The minimum atomic E-state index is -0.525. The normalized spacial score (nSPS) is 13.3. The summed E-state index contributed by atoms with van der Waals surface area (Å²) in [5.74, 6) is -1.05. The maximum atomic E-state index is 13.2. The number of benzene rings is 1. The van der Waals surface area contributed by atoms with Crippen LogP contribution in [0.5, 0.6) is 0 Å². The Morgan fingerprint density at radius 1 is 1.17 bits per heavy atom. The van der Waals surface area contributed by atoms with Crippen LogP contribution in [0.2, 0.25) is 0 Å². The topological polar surface area (TPSA) is 15.3 Å². The molecule has 0 heterocycles. The number of hydrogen-bond acceptors (Lipinski definition) is 2. The van der Waals surface area contributed by atoms with Gasteiger partial charge >= 0.3 is 0 Å². The molecule has 0 aromatic heterocycles. The molecular weight excluding hydrogens is 234 g/mol. The largest absolute Gasteiger partial charge is 0.313 e. The second-order valence-electron chi connectivity index (χ2n) is 4.91. The molecule has 0 aliphatic heterocycles. The Balaban J connectivity index is 2.71. The minimum Gasteiger partial charge on any atom is -0.313 e. The molecule has 0 aliphatic rings. The zero-order chi connectivity index (χ0) is 13.7. The van der Waals surface area contributed by atoms with Gasteiger partial charge in [0.15, 0.2) is 0 Å². The van der Waals surface area contributed by atoms with Crippen LogP contribution in [0, 0.1) is 11.6 Å². The van der Waals surface area contributed by atoms with Gasteiger partial charge in [-0.05, 0) is 58.6 Å². The second-order valence-corrected chi connectivity index (χ2v) is 4.91. The number of nitrogens with one attached hydrogen (secondary N) is 1. The van der Waals surface area contributed by atoms with E-state index in [0.717, 1.165) is 19.0 Å². The summed E-state index contributed by atoms with van der Waals surface area (Å²) in [5.41, 5.74) is 0.659. The van der Waals surface area contributed by atoms with Gasteiger partial charge in [0, 0.05) is 18.2 Å². The fourth-order valence-corrected chi connectivity index (χ4v) is 1.84. The lowest BCUT2D eigenvalue weighted by Crippen LogP contribution is -2.30. The van der Waals surface area contributed by atoms with Gasteiger partial charge in [-0.25, -0.2) is 8.78 Å². The van der Waals surface area contributed by atoms with E-state index in [1.165, 1.54) is 12.1 Å². The van der Waals surface area contributed by atoms with Gasteiger partial charge in [0.2, 0.25) is 0 Å². The summed E-state index contributed by atoms with van der Waals surface area (Å²) in [7, 11) is 3.85. The van der Waals surface area contributed by atoms with Crippen molar-refractivity contribution in [2.75, 3.05) is 20.6 Å². The molecule has 1 aromatic rings. The van der Waals surface area contributed by atoms with E-state index in [9.17, 15) is 8.78 Å². The summed E-state index contributed by atoms with van der Waals surface area (Å²) in [6, 6.07) is 4.11. The standard InChI is InChI=1S/C14H22F2N2/c1-10(2)18(4)6-5-14(17-3)11-7-12(15)9-13(16)8-11/h7-10,14,17H,5-6H2,1-4H3. The van der Waals surface area contributed by atoms with Gasteiger partial charge < -0.3 is 10.2 Å². The molecule has 1 aromatic carbocycles. The molecule has 0 saturated heterocycles. The second kappa shape index (κ2) is 6.81. The number of halogens is 2. The van der Waals surface area contributed by atoms with Crippen molar-refractivity contribution in [3.05, 3.63) is 35.4 Å². The van der Waals surface area contributed by atoms with Crippen LogP contribution in [0.3, 0.4) is 0 Å². The predicted molar refractivity (Wildman–Crippen MR) is 70.5 cm³/mol. The lowest BCUT2D eigenvalue weighted by molar-refractivity contribution is 0.258. The Morgan fingerprint density at radius 2 is 1.72 bits per heavy atom. The third-order valence-electron chi connectivity index (χ3n) is 3.29. The maximum absolute atomic E-state index is 13.2. The summed E-state index contributed by atoms with van der Waals surface area (Å²) < 4.78 is 26.3. The Morgan fingerprint density at radius 3 is 2.17 bits per heavy atom. The van der Waals surface area contributed by atoms with Crippen molar-refractivity contribution >= 4 is 0 Å². The lowest BCUT2D eigenvalue weighted by atomic mass is 10.0. The highest BCUT2D eigenvalue weighted by Gasteiger charge is 2.13. The molecule has 1 rings (SSSR count). The monoisotopic (exact) mass is 256 g/mol. The summed E-state index contributed by atoms with van der Waals surface area (Å²) in [5, 5.41) is 3.11. The first kappa shape index (κ1) is 15.1. The molecule has 4 heteroatoms. The van der Waals surface area contributed by atoms with Crippen molar-refractivity contribution in [3.8, 4) is 0 Å². The third-order valence-corrected chi connectivity index (χ3v) is 3.29. The molecule has 1 N–H and O–H groups in total. The smallest absolute Gasteiger partial charge is 0.126 e. The van der Waals surface area contributed by atoms with Gasteiger partial charge in [-0.15, -0.1) is 0 Å². The molecule has 0 amide bonds. The molecule has 0 spiro atoms. The highest BCUT2D eigenvalue weighted by Crippen LogP contribution is 2.19. The predicted octanol–water partition coefficient (Wildman–Crippen LogP) is 2.96. The summed E-state index contributed by atoms with van der Waals surface area (Å²) >= 11 is 0. The van der Waals surface area contributed by atoms with Gasteiger partial charge in [-0.3, -0.25) is 0 Å². The van der Waals surface area contributed by atoms with Crippen LogP contribution in [0.4, 0.5) is 8.78 Å². The van der Waals surface area contributed by atoms with Crippen LogP contribution in [-0.4, -0.2) is 31.6 Å². The molecule has 18 heavy (non-hydrogen) atoms. The van der Waals surface area contributed by atoms with E-state index in [1.807, 2.05) is 14.1 Å². The number of rotatable bonds is 6. The highest BCUT2D eigenvalue weighted by atomic mass is 19.1. The highest BCUT2D eigenvalue weighted by molar-refractivity contribution is 5.21. The zero-order valence-electron chi connectivity index (χ0n) is 11.5. The van der Waals surface area contributed by atoms with E-state index in [2.05, 4.69) is 24.1 Å². The zero-order valence-corrected chi connectivity index (χ0v) is 11.5. The first-order valence-corrected chi connectivity index (χ1v) is 6.27. The van der Waals surface area contributed by atoms with Crippen LogP contribution in [0.1, 0.15) is 31.9 Å². The average Bonchev–Trinajstić information content (AvgIpc) is 2.28. The maximum Gasteiger partial charge on any atom is 0.126 e. The molecule has 0 aliphatic carbocycles. The van der Waals surface area contributed by atoms with Gasteiger partial charge in [0.25, 0.3) is 0 Å². The Bertz CT molecular complexity index is 360. The van der Waals surface area contributed by atoms with E-state index in [-0.39, 0.29) is 6.04 Å². The van der Waals surface area contributed by atoms with Crippen molar-refractivity contribution in [2.24, 2.45) is 0 Å². The molecular formula is C14H22F2N2. The van der Waals surface area contributed by atoms with E-state index in [1.54, 1.807) is 0 Å². The molecule has 1 atom stereocenters. The van der Waals surface area contributed by atoms with E-state index < -0.39 is 11.6 Å². The van der Waals surface area contributed by atoms with Crippen LogP contribution in [-0.2, 0) is 0 Å². The van der Waals surface area contributed by atoms with Crippen molar-refractivity contribution in [1.29, 1.82) is 0 Å². The fourth-order valence-electron chi connectivity index (χ4n) is 1.84. The lowest BCUT2D eigenvalue weighted by Gasteiger charge is -2.24. The minimum absolute atomic E-state index is 0.0311. The van der Waals surface area contributed by atoms with Crippen LogP contribution in [0.15, 0.2) is 18.2 Å². The number of hydrogen-bond donors (Lipinski definition) is 1. The molecule has 0 radical (unpaired) electrons. The number of nitrogens with zero attached hydrogens (tertiary/aromatic N) is 1. The van der Waals surface area contributed by atoms with Crippen molar-refractivity contribution in [1.82, 2.24) is 10.2 Å². The molecule has 1 unspecified atom stereocenters. The van der Waals surface area contributed by atoms with Gasteiger partial charge in [-0.1, -0.05) is 0 Å². The molecule has 0 fully saturated rings. The van der Waals surface area contributed by atoms with Crippen molar-refractivity contribution in [2.45, 2.75) is 32.4 Å². The summed E-state index contributed by atoms with van der Waals surface area (Å²) in [6.07, 6.45) is 0.814. The van der Waals surface area contributed by atoms with E-state index in [4.69, 9.17) is 0 Å². The van der Waals surface area contributed by atoms with Crippen molar-refractivity contribution < 1.29 is 8.78 Å². The van der Waals surface area contributed by atoms with Gasteiger partial charge in [0.1, 0.15) is 11.6 Å². The average molecular weight is 256 g/mol. The summed E-state index contributed by atoms with van der Waals surface area (Å²) in [4.78, 5) is 2.21. The van der Waals surface area contributed by atoms with E-state index in [0.29, 0.717) is 11.6 Å². The Kier molecular flexibility index (Phi) is 5.69. The van der Waals surface area contributed by atoms with Crippen LogP contribution >= 0.6 is 0 Å². The van der Waals surface area contributed by atoms with Gasteiger partial charge in [0.05, 0.1) is 0 Å². The molecule has 0 bridgehead atoms.